The second kappa shape index (κ2) is 6.87. The number of anilines is 1. The van der Waals surface area contributed by atoms with Crippen molar-refractivity contribution in [1.82, 2.24) is 0 Å². The van der Waals surface area contributed by atoms with Gasteiger partial charge in [0.2, 0.25) is 0 Å². The molecule has 5 nitrogen and oxygen atoms in total. The first-order valence-corrected chi connectivity index (χ1v) is 6.12. The number of nitrogens with zero attached hydrogens (tertiary/aromatic N) is 1. The fraction of sp³-hybridized carbons (Fsp3) is 0.500. The molecule has 0 radical (unpaired) electrons. The van der Waals surface area contributed by atoms with Crippen LogP contribution >= 0.6 is 0 Å². The molecule has 0 heterocycles. The number of benzene rings is 1. The van der Waals surface area contributed by atoms with Gasteiger partial charge in [0.15, 0.2) is 0 Å². The van der Waals surface area contributed by atoms with Gasteiger partial charge in [-0.2, -0.15) is 0 Å². The number of hydrogen-bond donors (Lipinski definition) is 0. The van der Waals surface area contributed by atoms with Crippen LogP contribution in [0.4, 0.5) is 5.69 Å². The number of carbonyl (C=O) groups is 1. The van der Waals surface area contributed by atoms with E-state index in [-0.39, 0.29) is 12.5 Å². The number of rotatable bonds is 6. The highest BCUT2D eigenvalue weighted by molar-refractivity contribution is 5.78. The number of likely N-dealkylation sites (N-methyl/N-ethyl adjacent to an activating group) is 1. The van der Waals surface area contributed by atoms with Crippen molar-refractivity contribution in [2.75, 3.05) is 39.3 Å². The van der Waals surface area contributed by atoms with Crippen LogP contribution in [0.5, 0.6) is 11.5 Å². The van der Waals surface area contributed by atoms with Crippen LogP contribution in [0.3, 0.4) is 0 Å². The highest BCUT2D eigenvalue weighted by atomic mass is 16.5. The predicted molar refractivity (Wildman–Crippen MR) is 74.2 cm³/mol. The van der Waals surface area contributed by atoms with Gasteiger partial charge >= 0.3 is 5.97 Å². The Morgan fingerprint density at radius 1 is 1.26 bits per heavy atom. The van der Waals surface area contributed by atoms with Crippen LogP contribution in [0, 0.1) is 6.92 Å². The summed E-state index contributed by atoms with van der Waals surface area (Å²) in [7, 11) is 5.03. The molecule has 1 rings (SSSR count). The Labute approximate surface area is 114 Å². The summed E-state index contributed by atoms with van der Waals surface area (Å²) in [4.78, 5) is 13.3. The summed E-state index contributed by atoms with van der Waals surface area (Å²) < 4.78 is 15.5. The molecule has 0 bridgehead atoms. The quantitative estimate of drug-likeness (QED) is 0.738. The topological polar surface area (TPSA) is 48.0 Å². The Hall–Kier alpha value is -1.91. The normalized spacial score (nSPS) is 9.95. The van der Waals surface area contributed by atoms with Crippen molar-refractivity contribution >= 4 is 11.7 Å². The SMILES string of the molecule is CCOC(=O)CN(C)c1c(C)cc(OC)cc1OC. The first-order valence-electron chi connectivity index (χ1n) is 6.12. The molecular weight excluding hydrogens is 246 g/mol. The molecular formula is C14H21NO4. The highest BCUT2D eigenvalue weighted by Crippen LogP contribution is 2.35. The van der Waals surface area contributed by atoms with Crippen molar-refractivity contribution in [1.29, 1.82) is 0 Å². The number of methoxy groups -OCH3 is 2. The molecule has 0 N–H and O–H groups in total. The molecule has 0 amide bonds. The lowest BCUT2D eigenvalue weighted by molar-refractivity contribution is -0.141. The minimum Gasteiger partial charge on any atom is -0.497 e. The second-order valence-corrected chi connectivity index (χ2v) is 4.16. The standard InChI is InChI=1S/C14H21NO4/c1-6-19-13(16)9-15(3)14-10(2)7-11(17-4)8-12(14)18-5/h7-8H,6,9H2,1-5H3. The summed E-state index contributed by atoms with van der Waals surface area (Å²) in [6.07, 6.45) is 0. The molecule has 5 heteroatoms. The zero-order valence-electron chi connectivity index (χ0n) is 12.1. The predicted octanol–water partition coefficient (Wildman–Crippen LogP) is 2.01. The van der Waals surface area contributed by atoms with Gasteiger partial charge in [0.25, 0.3) is 0 Å². The maximum atomic E-state index is 11.5. The second-order valence-electron chi connectivity index (χ2n) is 4.16. The van der Waals surface area contributed by atoms with Crippen LogP contribution in [0.15, 0.2) is 12.1 Å². The molecule has 0 saturated heterocycles. The van der Waals surface area contributed by atoms with Crippen LogP contribution in [0.1, 0.15) is 12.5 Å². The molecule has 1 aromatic carbocycles. The maximum Gasteiger partial charge on any atom is 0.325 e. The van der Waals surface area contributed by atoms with E-state index in [2.05, 4.69) is 0 Å². The van der Waals surface area contributed by atoms with Crippen molar-refractivity contribution < 1.29 is 19.0 Å². The third-order valence-corrected chi connectivity index (χ3v) is 2.75. The van der Waals surface area contributed by atoms with Gasteiger partial charge in [0.05, 0.1) is 26.5 Å². The van der Waals surface area contributed by atoms with E-state index in [1.807, 2.05) is 24.9 Å². The molecule has 0 saturated carbocycles. The summed E-state index contributed by atoms with van der Waals surface area (Å²) in [5.41, 5.74) is 1.83. The summed E-state index contributed by atoms with van der Waals surface area (Å²) in [6.45, 7) is 4.29. The smallest absolute Gasteiger partial charge is 0.325 e. The molecule has 0 atom stereocenters. The lowest BCUT2D eigenvalue weighted by atomic mass is 10.1. The van der Waals surface area contributed by atoms with Crippen LogP contribution < -0.4 is 14.4 Å². The van der Waals surface area contributed by atoms with Gasteiger partial charge < -0.3 is 19.1 Å². The van der Waals surface area contributed by atoms with Crippen molar-refractivity contribution in [3.8, 4) is 11.5 Å². The minimum absolute atomic E-state index is 0.178. The summed E-state index contributed by atoms with van der Waals surface area (Å²) in [6, 6.07) is 3.70. The molecule has 1 aromatic rings. The van der Waals surface area contributed by atoms with Crippen LogP contribution in [0.2, 0.25) is 0 Å². The molecule has 19 heavy (non-hydrogen) atoms. The maximum absolute atomic E-state index is 11.5. The fourth-order valence-corrected chi connectivity index (χ4v) is 1.96. The Balaban J connectivity index is 3.01. The Bertz CT molecular complexity index is 445. The third kappa shape index (κ3) is 3.77. The number of carbonyl (C=O) groups excluding carboxylic acids is 1. The zero-order chi connectivity index (χ0) is 14.4. The van der Waals surface area contributed by atoms with Crippen molar-refractivity contribution in [2.45, 2.75) is 13.8 Å². The van der Waals surface area contributed by atoms with Gasteiger partial charge in [-0.05, 0) is 25.5 Å². The average Bonchev–Trinajstić information content (AvgIpc) is 2.37. The lowest BCUT2D eigenvalue weighted by Crippen LogP contribution is -2.28. The van der Waals surface area contributed by atoms with Crippen LogP contribution in [-0.4, -0.2) is 40.4 Å². The molecule has 0 aliphatic rings. The molecule has 0 unspecified atom stereocenters. The number of ether oxygens (including phenoxy) is 3. The van der Waals surface area contributed by atoms with Gasteiger partial charge in [-0.1, -0.05) is 0 Å². The summed E-state index contributed by atoms with van der Waals surface area (Å²) >= 11 is 0. The Morgan fingerprint density at radius 3 is 2.47 bits per heavy atom. The van der Waals surface area contributed by atoms with Crippen molar-refractivity contribution in [3.63, 3.8) is 0 Å². The van der Waals surface area contributed by atoms with Gasteiger partial charge in [-0.25, -0.2) is 0 Å². The van der Waals surface area contributed by atoms with Gasteiger partial charge in [0, 0.05) is 13.1 Å². The first kappa shape index (κ1) is 15.1. The molecule has 0 aromatic heterocycles. The van der Waals surface area contributed by atoms with E-state index in [1.54, 1.807) is 27.2 Å². The van der Waals surface area contributed by atoms with Crippen LogP contribution in [-0.2, 0) is 9.53 Å². The molecule has 0 spiro atoms. The molecule has 0 aliphatic carbocycles. The van der Waals surface area contributed by atoms with E-state index >= 15 is 0 Å². The third-order valence-electron chi connectivity index (χ3n) is 2.75. The summed E-state index contributed by atoms with van der Waals surface area (Å²) in [5, 5.41) is 0. The fourth-order valence-electron chi connectivity index (χ4n) is 1.96. The number of aryl methyl sites for hydroxylation is 1. The van der Waals surface area contributed by atoms with E-state index in [4.69, 9.17) is 14.2 Å². The first-order chi connectivity index (χ1) is 9.03. The van der Waals surface area contributed by atoms with Gasteiger partial charge in [-0.15, -0.1) is 0 Å². The van der Waals surface area contributed by atoms with Crippen LogP contribution in [0.25, 0.3) is 0 Å². The van der Waals surface area contributed by atoms with E-state index in [0.717, 1.165) is 17.0 Å². The van der Waals surface area contributed by atoms with Crippen molar-refractivity contribution in [2.24, 2.45) is 0 Å². The number of hydrogen-bond acceptors (Lipinski definition) is 5. The summed E-state index contributed by atoms with van der Waals surface area (Å²) in [5.74, 6) is 1.13. The van der Waals surface area contributed by atoms with Crippen molar-refractivity contribution in [3.05, 3.63) is 17.7 Å². The van der Waals surface area contributed by atoms with E-state index in [0.29, 0.717) is 12.4 Å². The average molecular weight is 267 g/mol. The number of esters is 1. The Morgan fingerprint density at radius 2 is 1.95 bits per heavy atom. The molecule has 106 valence electrons. The minimum atomic E-state index is -0.262. The molecule has 0 fully saturated rings. The lowest BCUT2D eigenvalue weighted by Gasteiger charge is -2.23. The van der Waals surface area contributed by atoms with E-state index in [9.17, 15) is 4.79 Å². The zero-order valence-corrected chi connectivity index (χ0v) is 12.1. The van der Waals surface area contributed by atoms with E-state index < -0.39 is 0 Å². The monoisotopic (exact) mass is 267 g/mol. The highest BCUT2D eigenvalue weighted by Gasteiger charge is 2.16. The van der Waals surface area contributed by atoms with Gasteiger partial charge in [-0.3, -0.25) is 4.79 Å². The largest absolute Gasteiger partial charge is 0.497 e. The van der Waals surface area contributed by atoms with E-state index in [1.165, 1.54) is 0 Å². The molecule has 0 aliphatic heterocycles. The Kier molecular flexibility index (Phi) is 5.48. The van der Waals surface area contributed by atoms with Gasteiger partial charge in [0.1, 0.15) is 18.0 Å².